The summed E-state index contributed by atoms with van der Waals surface area (Å²) in [5.74, 6) is 0.534. The third-order valence-corrected chi connectivity index (χ3v) is 5.89. The Morgan fingerprint density at radius 2 is 1.37 bits per heavy atom. The van der Waals surface area contributed by atoms with Crippen LogP contribution in [-0.2, 0) is 4.74 Å². The van der Waals surface area contributed by atoms with Gasteiger partial charge in [-0.2, -0.15) is 0 Å². The summed E-state index contributed by atoms with van der Waals surface area (Å²) in [5, 5.41) is 17.9. The van der Waals surface area contributed by atoms with Crippen LogP contribution in [0, 0.1) is 5.82 Å². The molecule has 1 atom stereocenters. The lowest BCUT2D eigenvalue weighted by molar-refractivity contribution is -0.00163. The minimum Gasteiger partial charge on any atom is -0.494 e. The van der Waals surface area contributed by atoms with Crippen molar-refractivity contribution in [3.8, 4) is 22.6 Å². The molecule has 6 heteroatoms. The predicted octanol–water partition coefficient (Wildman–Crippen LogP) is 6.54. The highest BCUT2D eigenvalue weighted by molar-refractivity contribution is 5.65. The number of aliphatic hydroxyl groups excluding tert-OH is 2. The molecule has 0 amide bonds. The third-order valence-electron chi connectivity index (χ3n) is 5.89. The highest BCUT2D eigenvalue weighted by Crippen LogP contribution is 2.27. The molecule has 2 rings (SSSR count). The van der Waals surface area contributed by atoms with Crippen molar-refractivity contribution in [2.75, 3.05) is 33.0 Å². The number of rotatable bonds is 20. The van der Waals surface area contributed by atoms with Crippen LogP contribution in [0.1, 0.15) is 71.1 Å². The zero-order chi connectivity index (χ0) is 25.1. The second-order valence-corrected chi connectivity index (χ2v) is 8.96. The Balaban J connectivity index is 1.63. The van der Waals surface area contributed by atoms with Gasteiger partial charge in [0.25, 0.3) is 0 Å². The van der Waals surface area contributed by atoms with E-state index in [1.54, 1.807) is 6.07 Å². The Labute approximate surface area is 210 Å². The second-order valence-electron chi connectivity index (χ2n) is 8.96. The van der Waals surface area contributed by atoms with Crippen molar-refractivity contribution >= 4 is 0 Å². The lowest BCUT2D eigenvalue weighted by atomic mass is 10.1. The van der Waals surface area contributed by atoms with Crippen LogP contribution in [-0.4, -0.2) is 49.4 Å². The zero-order valence-electron chi connectivity index (χ0n) is 21.2. The van der Waals surface area contributed by atoms with E-state index in [0.29, 0.717) is 0 Å². The van der Waals surface area contributed by atoms with Gasteiger partial charge < -0.3 is 24.4 Å². The van der Waals surface area contributed by atoms with Crippen LogP contribution in [0.4, 0.5) is 4.39 Å². The number of halogens is 1. The molecule has 2 N–H and O–H groups in total. The first kappa shape index (κ1) is 29.1. The van der Waals surface area contributed by atoms with Crippen molar-refractivity contribution in [3.63, 3.8) is 0 Å². The van der Waals surface area contributed by atoms with E-state index in [-0.39, 0.29) is 32.2 Å². The van der Waals surface area contributed by atoms with E-state index in [1.807, 2.05) is 30.3 Å². The van der Waals surface area contributed by atoms with E-state index >= 15 is 0 Å². The fourth-order valence-corrected chi connectivity index (χ4v) is 3.80. The first-order chi connectivity index (χ1) is 17.1. The summed E-state index contributed by atoms with van der Waals surface area (Å²) in [5.41, 5.74) is 1.67. The Morgan fingerprint density at radius 3 is 2.00 bits per heavy atom. The molecule has 0 aliphatic heterocycles. The first-order valence-corrected chi connectivity index (χ1v) is 13.2. The molecular formula is C29H43FO5. The molecule has 35 heavy (non-hydrogen) atoms. The molecule has 0 aliphatic carbocycles. The van der Waals surface area contributed by atoms with Crippen molar-refractivity contribution in [2.45, 2.75) is 77.2 Å². The summed E-state index contributed by atoms with van der Waals surface area (Å²) in [6.07, 6.45) is 12.1. The van der Waals surface area contributed by atoms with Crippen molar-refractivity contribution < 1.29 is 28.8 Å². The molecule has 0 saturated carbocycles. The van der Waals surface area contributed by atoms with Gasteiger partial charge in [0.2, 0.25) is 0 Å². The van der Waals surface area contributed by atoms with Gasteiger partial charge in [-0.3, -0.25) is 0 Å². The summed E-state index contributed by atoms with van der Waals surface area (Å²) in [6.45, 7) is 2.98. The van der Waals surface area contributed by atoms with E-state index in [0.717, 1.165) is 29.9 Å². The predicted molar refractivity (Wildman–Crippen MR) is 139 cm³/mol. The summed E-state index contributed by atoms with van der Waals surface area (Å²) >= 11 is 0. The quantitative estimate of drug-likeness (QED) is 0.206. The standard InChI is InChI=1S/C29H43FO5/c1-2-3-4-5-6-7-8-9-10-11-18-34-27-15-12-24(13-16-27)25-14-17-29(28(30)21-25)35-20-19-33-23-26(32)22-31/h12-17,21,26,31-32H,2-11,18-20,22-23H2,1H3. The summed E-state index contributed by atoms with van der Waals surface area (Å²) in [4.78, 5) is 0. The number of unbranched alkanes of at least 4 members (excludes halogenated alkanes) is 9. The van der Waals surface area contributed by atoms with E-state index in [1.165, 1.54) is 63.9 Å². The van der Waals surface area contributed by atoms with Gasteiger partial charge in [0.15, 0.2) is 11.6 Å². The van der Waals surface area contributed by atoms with E-state index < -0.39 is 11.9 Å². The van der Waals surface area contributed by atoms with Gasteiger partial charge in [0.1, 0.15) is 18.5 Å². The third kappa shape index (κ3) is 12.4. The fourth-order valence-electron chi connectivity index (χ4n) is 3.80. The van der Waals surface area contributed by atoms with Gasteiger partial charge in [-0.25, -0.2) is 4.39 Å². The van der Waals surface area contributed by atoms with Gasteiger partial charge >= 0.3 is 0 Å². The Bertz CT molecular complexity index is 796. The number of benzene rings is 2. The molecule has 0 aliphatic rings. The smallest absolute Gasteiger partial charge is 0.165 e. The van der Waals surface area contributed by atoms with Gasteiger partial charge in [-0.1, -0.05) is 82.9 Å². The molecule has 0 radical (unpaired) electrons. The average molecular weight is 491 g/mol. The lowest BCUT2D eigenvalue weighted by Crippen LogP contribution is -2.21. The first-order valence-electron chi connectivity index (χ1n) is 13.2. The Kier molecular flexibility index (Phi) is 15.1. The maximum absolute atomic E-state index is 14.4. The molecule has 2 aromatic rings. The molecule has 0 bridgehead atoms. The normalized spacial score (nSPS) is 12.0. The topological polar surface area (TPSA) is 68.2 Å². The molecule has 0 heterocycles. The van der Waals surface area contributed by atoms with Crippen molar-refractivity contribution in [1.82, 2.24) is 0 Å². The van der Waals surface area contributed by atoms with Crippen LogP contribution < -0.4 is 9.47 Å². The Hall–Kier alpha value is -2.15. The number of hydrogen-bond donors (Lipinski definition) is 2. The molecular weight excluding hydrogens is 447 g/mol. The Morgan fingerprint density at radius 1 is 0.743 bits per heavy atom. The molecule has 2 aromatic carbocycles. The monoisotopic (exact) mass is 490 g/mol. The summed E-state index contributed by atoms with van der Waals surface area (Å²) in [6, 6.07) is 12.6. The van der Waals surface area contributed by atoms with Crippen LogP contribution in [0.2, 0.25) is 0 Å². The number of hydrogen-bond acceptors (Lipinski definition) is 5. The number of ether oxygens (including phenoxy) is 3. The van der Waals surface area contributed by atoms with E-state index in [2.05, 4.69) is 6.92 Å². The maximum Gasteiger partial charge on any atom is 0.165 e. The average Bonchev–Trinajstić information content (AvgIpc) is 2.88. The van der Waals surface area contributed by atoms with Crippen molar-refractivity contribution in [2.24, 2.45) is 0 Å². The highest BCUT2D eigenvalue weighted by atomic mass is 19.1. The molecule has 0 saturated heterocycles. The van der Waals surface area contributed by atoms with Crippen molar-refractivity contribution in [1.29, 1.82) is 0 Å². The highest BCUT2D eigenvalue weighted by Gasteiger charge is 2.08. The molecule has 0 fully saturated rings. The zero-order valence-corrected chi connectivity index (χ0v) is 21.2. The van der Waals surface area contributed by atoms with Gasteiger partial charge in [-0.15, -0.1) is 0 Å². The molecule has 0 spiro atoms. The van der Waals surface area contributed by atoms with E-state index in [4.69, 9.17) is 19.3 Å². The molecule has 5 nitrogen and oxygen atoms in total. The molecule has 0 aromatic heterocycles. The molecule has 1 unspecified atom stereocenters. The van der Waals surface area contributed by atoms with Crippen LogP contribution >= 0.6 is 0 Å². The summed E-state index contributed by atoms with van der Waals surface area (Å²) in [7, 11) is 0. The van der Waals surface area contributed by atoms with Gasteiger partial charge in [0, 0.05) is 0 Å². The largest absolute Gasteiger partial charge is 0.494 e. The van der Waals surface area contributed by atoms with Crippen LogP contribution in [0.25, 0.3) is 11.1 Å². The van der Waals surface area contributed by atoms with Crippen molar-refractivity contribution in [3.05, 3.63) is 48.3 Å². The minimum atomic E-state index is -0.914. The van der Waals surface area contributed by atoms with Crippen LogP contribution in [0.15, 0.2) is 42.5 Å². The fraction of sp³-hybridized carbons (Fsp3) is 0.586. The minimum absolute atomic E-state index is 0.0141. The maximum atomic E-state index is 14.4. The van der Waals surface area contributed by atoms with Crippen LogP contribution in [0.3, 0.4) is 0 Å². The number of aliphatic hydroxyl groups is 2. The van der Waals surface area contributed by atoms with Crippen LogP contribution in [0.5, 0.6) is 11.5 Å². The lowest BCUT2D eigenvalue weighted by Gasteiger charge is -2.11. The summed E-state index contributed by atoms with van der Waals surface area (Å²) < 4.78 is 30.9. The van der Waals surface area contributed by atoms with Gasteiger partial charge in [-0.05, 0) is 41.8 Å². The molecule has 196 valence electrons. The van der Waals surface area contributed by atoms with Gasteiger partial charge in [0.05, 0.1) is 26.4 Å². The second kappa shape index (κ2) is 18.2. The SMILES string of the molecule is CCCCCCCCCCCCOc1ccc(-c2ccc(OCCOCC(O)CO)c(F)c2)cc1. The van der Waals surface area contributed by atoms with E-state index in [9.17, 15) is 9.50 Å².